The van der Waals surface area contributed by atoms with Crippen LogP contribution in [0.4, 0.5) is 0 Å². The van der Waals surface area contributed by atoms with E-state index in [1.54, 1.807) is 7.11 Å². The van der Waals surface area contributed by atoms with E-state index in [4.69, 9.17) is 9.72 Å². The average Bonchev–Trinajstić information content (AvgIpc) is 3.57. The summed E-state index contributed by atoms with van der Waals surface area (Å²) >= 11 is 0. The van der Waals surface area contributed by atoms with Crippen LogP contribution in [-0.2, 0) is 6.42 Å². The molecule has 1 N–H and O–H groups in total. The average molecular weight is 453 g/mol. The zero-order chi connectivity index (χ0) is 23.2. The van der Waals surface area contributed by atoms with Gasteiger partial charge in [0.05, 0.1) is 29.7 Å². The molecule has 0 spiro atoms. The third-order valence-electron chi connectivity index (χ3n) is 7.22. The van der Waals surface area contributed by atoms with E-state index in [-0.39, 0.29) is 11.9 Å². The monoisotopic (exact) mass is 452 g/mol. The van der Waals surface area contributed by atoms with E-state index in [2.05, 4.69) is 47.2 Å². The Morgan fingerprint density at radius 1 is 1.12 bits per heavy atom. The molecular formula is C28H28N4O2. The molecule has 1 amide bonds. The van der Waals surface area contributed by atoms with Gasteiger partial charge in [-0.05, 0) is 61.6 Å². The minimum atomic E-state index is 0.0448. The number of H-pyrrole nitrogens is 1. The standard InChI is InChI=1S/C28H28N4O2/c1-18-7-6-10-24-26(18)30-27(29-24)23-12-11-20(16-25(23)34-2)28(33)32-21-13-14-31(32)22(17-21)15-19-8-4-3-5-9-19/h3-12,16,21-22H,13-15,17H2,1-2H3,(H,29,30). The fourth-order valence-corrected chi connectivity index (χ4v) is 5.55. The first-order valence-electron chi connectivity index (χ1n) is 11.9. The van der Waals surface area contributed by atoms with E-state index < -0.39 is 0 Å². The van der Waals surface area contributed by atoms with Crippen LogP contribution in [0.2, 0.25) is 0 Å². The summed E-state index contributed by atoms with van der Waals surface area (Å²) in [6.07, 6.45) is 3.02. The number of rotatable bonds is 5. The molecule has 34 heavy (non-hydrogen) atoms. The highest BCUT2D eigenvalue weighted by molar-refractivity contribution is 5.96. The molecule has 3 heterocycles. The second kappa shape index (κ2) is 8.29. The van der Waals surface area contributed by atoms with Crippen LogP contribution in [0.3, 0.4) is 0 Å². The third kappa shape index (κ3) is 3.46. The molecule has 2 bridgehead atoms. The highest BCUT2D eigenvalue weighted by Crippen LogP contribution is 2.38. The Hall–Kier alpha value is -3.64. The van der Waals surface area contributed by atoms with E-state index in [0.29, 0.717) is 17.4 Å². The van der Waals surface area contributed by atoms with Crippen LogP contribution < -0.4 is 4.74 Å². The molecule has 0 radical (unpaired) electrons. The molecule has 1 aromatic heterocycles. The number of nitrogens with one attached hydrogen (secondary N) is 1. The number of fused-ring (bicyclic) bond motifs is 3. The number of imidazole rings is 1. The van der Waals surface area contributed by atoms with Gasteiger partial charge < -0.3 is 9.72 Å². The number of nitrogens with zero attached hydrogens (tertiary/aromatic N) is 3. The summed E-state index contributed by atoms with van der Waals surface area (Å²) in [6.45, 7) is 2.98. The molecule has 3 aromatic carbocycles. The highest BCUT2D eigenvalue weighted by atomic mass is 16.5. The number of hydrogen-bond acceptors (Lipinski definition) is 4. The van der Waals surface area contributed by atoms with Gasteiger partial charge >= 0.3 is 0 Å². The number of amides is 1. The number of benzene rings is 3. The highest BCUT2D eigenvalue weighted by Gasteiger charge is 2.47. The Morgan fingerprint density at radius 2 is 1.97 bits per heavy atom. The first-order valence-corrected chi connectivity index (χ1v) is 11.9. The SMILES string of the molecule is COc1cc(C(=O)N2C3CCN2C(Cc2ccccc2)C3)ccc1-c1nc2c(C)cccc2[nH]1. The molecule has 172 valence electrons. The molecule has 2 aliphatic rings. The summed E-state index contributed by atoms with van der Waals surface area (Å²) < 4.78 is 5.70. The smallest absolute Gasteiger partial charge is 0.268 e. The lowest BCUT2D eigenvalue weighted by molar-refractivity contribution is 0.0197. The fraction of sp³-hybridized carbons (Fsp3) is 0.286. The first kappa shape index (κ1) is 20.9. The fourth-order valence-electron chi connectivity index (χ4n) is 5.55. The lowest BCUT2D eigenvalue weighted by Crippen LogP contribution is -2.42. The van der Waals surface area contributed by atoms with Crippen molar-refractivity contribution in [2.24, 2.45) is 0 Å². The van der Waals surface area contributed by atoms with Gasteiger partial charge in [-0.1, -0.05) is 42.5 Å². The lowest BCUT2D eigenvalue weighted by Gasteiger charge is -2.28. The van der Waals surface area contributed by atoms with Gasteiger partial charge in [0.15, 0.2) is 0 Å². The lowest BCUT2D eigenvalue weighted by atomic mass is 9.97. The van der Waals surface area contributed by atoms with E-state index in [0.717, 1.165) is 53.8 Å². The predicted molar refractivity (Wildman–Crippen MR) is 133 cm³/mol. The number of piperidine rings is 1. The number of hydrazine groups is 1. The van der Waals surface area contributed by atoms with Crippen molar-refractivity contribution in [1.29, 1.82) is 0 Å². The maximum absolute atomic E-state index is 13.6. The van der Waals surface area contributed by atoms with Crippen molar-refractivity contribution in [2.75, 3.05) is 13.7 Å². The van der Waals surface area contributed by atoms with Crippen LogP contribution in [-0.4, -0.2) is 51.6 Å². The van der Waals surface area contributed by atoms with Crippen molar-refractivity contribution in [1.82, 2.24) is 20.0 Å². The Kier molecular flexibility index (Phi) is 5.11. The molecule has 2 aliphatic heterocycles. The predicted octanol–water partition coefficient (Wildman–Crippen LogP) is 4.99. The van der Waals surface area contributed by atoms with E-state index in [1.165, 1.54) is 5.56 Å². The summed E-state index contributed by atoms with van der Waals surface area (Å²) in [7, 11) is 1.64. The molecule has 2 fully saturated rings. The van der Waals surface area contributed by atoms with Gasteiger partial charge in [0.2, 0.25) is 0 Å². The van der Waals surface area contributed by atoms with Crippen molar-refractivity contribution in [3.8, 4) is 17.1 Å². The second-order valence-electron chi connectivity index (χ2n) is 9.31. The minimum absolute atomic E-state index is 0.0448. The van der Waals surface area contributed by atoms with E-state index in [1.807, 2.05) is 41.4 Å². The van der Waals surface area contributed by atoms with Crippen LogP contribution >= 0.6 is 0 Å². The normalized spacial score (nSPS) is 21.4. The van der Waals surface area contributed by atoms with Gasteiger partial charge in [-0.3, -0.25) is 9.80 Å². The number of aromatic amines is 1. The zero-order valence-corrected chi connectivity index (χ0v) is 19.5. The number of methoxy groups -OCH3 is 1. The van der Waals surface area contributed by atoms with Crippen molar-refractivity contribution in [2.45, 2.75) is 38.3 Å². The van der Waals surface area contributed by atoms with Crippen molar-refractivity contribution < 1.29 is 9.53 Å². The number of aryl methyl sites for hydroxylation is 1. The van der Waals surface area contributed by atoms with Crippen LogP contribution in [0.1, 0.15) is 34.3 Å². The van der Waals surface area contributed by atoms with Gasteiger partial charge in [-0.25, -0.2) is 9.99 Å². The maximum Gasteiger partial charge on any atom is 0.268 e. The largest absolute Gasteiger partial charge is 0.496 e. The van der Waals surface area contributed by atoms with Gasteiger partial charge in [-0.2, -0.15) is 0 Å². The number of ether oxygens (including phenoxy) is 1. The minimum Gasteiger partial charge on any atom is -0.496 e. The molecule has 0 saturated carbocycles. The van der Waals surface area contributed by atoms with Crippen molar-refractivity contribution in [3.63, 3.8) is 0 Å². The second-order valence-corrected chi connectivity index (χ2v) is 9.31. The molecule has 6 rings (SSSR count). The Bertz CT molecular complexity index is 1360. The topological polar surface area (TPSA) is 61.5 Å². The van der Waals surface area contributed by atoms with E-state index in [9.17, 15) is 4.79 Å². The third-order valence-corrected chi connectivity index (χ3v) is 7.22. The molecule has 0 aliphatic carbocycles. The van der Waals surface area contributed by atoms with Crippen LogP contribution in [0.15, 0.2) is 66.7 Å². The molecule has 6 heteroatoms. The molecule has 3 unspecified atom stereocenters. The molecule has 3 atom stereocenters. The molecule has 6 nitrogen and oxygen atoms in total. The van der Waals surface area contributed by atoms with Gasteiger partial charge in [0.25, 0.3) is 5.91 Å². The van der Waals surface area contributed by atoms with Crippen molar-refractivity contribution in [3.05, 3.63) is 83.4 Å². The van der Waals surface area contributed by atoms with Crippen LogP contribution in [0.25, 0.3) is 22.4 Å². The summed E-state index contributed by atoms with van der Waals surface area (Å²) in [4.78, 5) is 21.8. The van der Waals surface area contributed by atoms with E-state index >= 15 is 0 Å². The number of hydrogen-bond donors (Lipinski definition) is 1. The quantitative estimate of drug-likeness (QED) is 0.463. The summed E-state index contributed by atoms with van der Waals surface area (Å²) in [6, 6.07) is 23.0. The first-order chi connectivity index (χ1) is 16.6. The molecule has 2 saturated heterocycles. The Labute approximate surface area is 199 Å². The molecular weight excluding hydrogens is 424 g/mol. The maximum atomic E-state index is 13.6. The Balaban J connectivity index is 1.27. The number of aromatic nitrogens is 2. The van der Waals surface area contributed by atoms with Crippen LogP contribution in [0.5, 0.6) is 5.75 Å². The summed E-state index contributed by atoms with van der Waals surface area (Å²) in [5.41, 5.74) is 5.87. The van der Waals surface area contributed by atoms with Crippen LogP contribution in [0, 0.1) is 6.92 Å². The van der Waals surface area contributed by atoms with Gasteiger partial charge in [0.1, 0.15) is 11.6 Å². The molecule has 4 aromatic rings. The Morgan fingerprint density at radius 3 is 2.76 bits per heavy atom. The zero-order valence-electron chi connectivity index (χ0n) is 19.5. The van der Waals surface area contributed by atoms with Crippen molar-refractivity contribution >= 4 is 16.9 Å². The number of carbonyl (C=O) groups is 1. The number of para-hydroxylation sites is 1. The van der Waals surface area contributed by atoms with Gasteiger partial charge in [-0.15, -0.1) is 0 Å². The summed E-state index contributed by atoms with van der Waals surface area (Å²) in [5, 5.41) is 4.27. The summed E-state index contributed by atoms with van der Waals surface area (Å²) in [5.74, 6) is 1.43. The van der Waals surface area contributed by atoms with Gasteiger partial charge in [0, 0.05) is 18.2 Å². The number of carbonyl (C=O) groups excluding carboxylic acids is 1.